The number of hydrogen-bond acceptors (Lipinski definition) is 5. The van der Waals surface area contributed by atoms with Crippen molar-refractivity contribution in [3.05, 3.63) is 59.2 Å². The van der Waals surface area contributed by atoms with Crippen molar-refractivity contribution in [1.29, 1.82) is 0 Å². The fourth-order valence-electron chi connectivity index (χ4n) is 5.08. The SMILES string of the molecule is CC1(C)CCc2cccc(CN3CCC4(CC3)CN(c3ccc(C(=O)O)cc3)C(=O)O4)c2O1. The highest BCUT2D eigenvalue weighted by Gasteiger charge is 2.47. The van der Waals surface area contributed by atoms with Gasteiger partial charge < -0.3 is 14.6 Å². The molecule has 1 spiro atoms. The van der Waals surface area contributed by atoms with Gasteiger partial charge in [-0.25, -0.2) is 9.59 Å². The average molecular weight is 451 g/mol. The molecule has 3 aliphatic rings. The number of rotatable bonds is 4. The summed E-state index contributed by atoms with van der Waals surface area (Å²) in [6.45, 7) is 7.28. The molecule has 7 heteroatoms. The Morgan fingerprint density at radius 2 is 1.76 bits per heavy atom. The summed E-state index contributed by atoms with van der Waals surface area (Å²) in [7, 11) is 0. The van der Waals surface area contributed by atoms with Gasteiger partial charge in [0.2, 0.25) is 0 Å². The Bertz CT molecular complexity index is 1070. The summed E-state index contributed by atoms with van der Waals surface area (Å²) >= 11 is 0. The second-order valence-electron chi connectivity index (χ2n) is 10.0. The largest absolute Gasteiger partial charge is 0.487 e. The van der Waals surface area contributed by atoms with Gasteiger partial charge in [0, 0.05) is 43.7 Å². The molecular formula is C26H30N2O5. The van der Waals surface area contributed by atoms with Crippen LogP contribution in [0.2, 0.25) is 0 Å². The number of anilines is 1. The van der Waals surface area contributed by atoms with Crippen molar-refractivity contribution in [1.82, 2.24) is 4.90 Å². The number of carboxylic acid groups (broad SMARTS) is 1. The minimum Gasteiger partial charge on any atom is -0.487 e. The molecule has 2 saturated heterocycles. The lowest BCUT2D eigenvalue weighted by Crippen LogP contribution is -2.46. The van der Waals surface area contributed by atoms with Crippen LogP contribution in [0.5, 0.6) is 5.75 Å². The molecule has 1 amide bonds. The highest BCUT2D eigenvalue weighted by atomic mass is 16.6. The Labute approximate surface area is 193 Å². The summed E-state index contributed by atoms with van der Waals surface area (Å²) in [6.07, 6.45) is 3.24. The number of carbonyl (C=O) groups excluding carboxylic acids is 1. The monoisotopic (exact) mass is 450 g/mol. The molecule has 5 rings (SSSR count). The van der Waals surface area contributed by atoms with E-state index in [0.717, 1.165) is 51.1 Å². The molecule has 3 aliphatic heterocycles. The van der Waals surface area contributed by atoms with E-state index in [9.17, 15) is 9.59 Å². The zero-order chi connectivity index (χ0) is 23.2. The number of benzene rings is 2. The molecule has 0 saturated carbocycles. The van der Waals surface area contributed by atoms with Gasteiger partial charge in [-0.1, -0.05) is 18.2 Å². The zero-order valence-corrected chi connectivity index (χ0v) is 19.2. The van der Waals surface area contributed by atoms with Gasteiger partial charge in [-0.3, -0.25) is 9.80 Å². The molecule has 33 heavy (non-hydrogen) atoms. The second-order valence-corrected chi connectivity index (χ2v) is 10.0. The van der Waals surface area contributed by atoms with E-state index in [2.05, 4.69) is 36.9 Å². The Morgan fingerprint density at radius 1 is 1.03 bits per heavy atom. The van der Waals surface area contributed by atoms with Crippen LogP contribution in [-0.2, 0) is 17.7 Å². The first-order valence-corrected chi connectivity index (χ1v) is 11.6. The summed E-state index contributed by atoms with van der Waals surface area (Å²) < 4.78 is 12.2. The van der Waals surface area contributed by atoms with E-state index < -0.39 is 11.6 Å². The van der Waals surface area contributed by atoms with Crippen LogP contribution < -0.4 is 9.64 Å². The number of carboxylic acids is 1. The molecule has 2 fully saturated rings. The fourth-order valence-corrected chi connectivity index (χ4v) is 5.08. The maximum Gasteiger partial charge on any atom is 0.415 e. The Balaban J connectivity index is 1.24. The fraction of sp³-hybridized carbons (Fsp3) is 0.462. The van der Waals surface area contributed by atoms with Crippen LogP contribution in [0.3, 0.4) is 0 Å². The van der Waals surface area contributed by atoms with Gasteiger partial charge in [-0.2, -0.15) is 0 Å². The van der Waals surface area contributed by atoms with Crippen molar-refractivity contribution in [3.63, 3.8) is 0 Å². The van der Waals surface area contributed by atoms with Gasteiger partial charge >= 0.3 is 12.1 Å². The van der Waals surface area contributed by atoms with Crippen LogP contribution in [0, 0.1) is 0 Å². The zero-order valence-electron chi connectivity index (χ0n) is 19.2. The molecule has 2 aromatic carbocycles. The number of amides is 1. The summed E-state index contributed by atoms with van der Waals surface area (Å²) in [5, 5.41) is 9.10. The van der Waals surface area contributed by atoms with E-state index in [1.165, 1.54) is 23.3 Å². The van der Waals surface area contributed by atoms with Crippen LogP contribution in [-0.4, -0.2) is 52.9 Å². The van der Waals surface area contributed by atoms with Crippen molar-refractivity contribution in [2.24, 2.45) is 0 Å². The van der Waals surface area contributed by atoms with Crippen LogP contribution in [0.4, 0.5) is 10.5 Å². The van der Waals surface area contributed by atoms with Crippen LogP contribution >= 0.6 is 0 Å². The number of aromatic carboxylic acids is 1. The van der Waals surface area contributed by atoms with Crippen LogP contribution in [0.25, 0.3) is 0 Å². The predicted molar refractivity (Wildman–Crippen MR) is 124 cm³/mol. The number of carbonyl (C=O) groups is 2. The number of para-hydroxylation sites is 1. The molecule has 0 aromatic heterocycles. The van der Waals surface area contributed by atoms with Crippen molar-refractivity contribution in [2.45, 2.75) is 57.3 Å². The smallest absolute Gasteiger partial charge is 0.415 e. The minimum absolute atomic E-state index is 0.140. The first kappa shape index (κ1) is 21.8. The molecule has 3 heterocycles. The molecule has 1 N–H and O–H groups in total. The third-order valence-corrected chi connectivity index (χ3v) is 7.11. The topological polar surface area (TPSA) is 79.3 Å². The third-order valence-electron chi connectivity index (χ3n) is 7.11. The van der Waals surface area contributed by atoms with E-state index >= 15 is 0 Å². The molecule has 0 bridgehead atoms. The molecule has 0 aliphatic carbocycles. The van der Waals surface area contributed by atoms with E-state index in [0.29, 0.717) is 12.2 Å². The van der Waals surface area contributed by atoms with Gasteiger partial charge in [-0.15, -0.1) is 0 Å². The number of hydrogen-bond donors (Lipinski definition) is 1. The molecule has 0 atom stereocenters. The Hall–Kier alpha value is -3.06. The molecule has 2 aromatic rings. The van der Waals surface area contributed by atoms with Crippen LogP contribution in [0.1, 0.15) is 54.6 Å². The molecule has 7 nitrogen and oxygen atoms in total. The van der Waals surface area contributed by atoms with E-state index in [1.807, 2.05) is 0 Å². The minimum atomic E-state index is -0.983. The van der Waals surface area contributed by atoms with E-state index in [4.69, 9.17) is 14.6 Å². The number of piperidine rings is 1. The summed E-state index contributed by atoms with van der Waals surface area (Å²) in [4.78, 5) is 27.7. The van der Waals surface area contributed by atoms with Crippen molar-refractivity contribution in [3.8, 4) is 5.75 Å². The average Bonchev–Trinajstić information content (AvgIpc) is 3.11. The van der Waals surface area contributed by atoms with Gasteiger partial charge in [0.1, 0.15) is 17.0 Å². The highest BCUT2D eigenvalue weighted by Crippen LogP contribution is 2.39. The lowest BCUT2D eigenvalue weighted by Gasteiger charge is -2.38. The molecule has 174 valence electrons. The molecule has 0 radical (unpaired) electrons. The molecular weight excluding hydrogens is 420 g/mol. The van der Waals surface area contributed by atoms with E-state index in [-0.39, 0.29) is 17.3 Å². The maximum absolute atomic E-state index is 12.6. The van der Waals surface area contributed by atoms with E-state index in [1.54, 1.807) is 17.0 Å². The number of nitrogens with zero attached hydrogens (tertiary/aromatic N) is 2. The number of ether oxygens (including phenoxy) is 2. The summed E-state index contributed by atoms with van der Waals surface area (Å²) in [5.74, 6) is 0.0559. The summed E-state index contributed by atoms with van der Waals surface area (Å²) in [6, 6.07) is 12.8. The first-order chi connectivity index (χ1) is 15.7. The van der Waals surface area contributed by atoms with Crippen LogP contribution in [0.15, 0.2) is 42.5 Å². The van der Waals surface area contributed by atoms with Gasteiger partial charge in [0.15, 0.2) is 0 Å². The molecule has 0 unspecified atom stereocenters. The standard InChI is InChI=1S/C26H30N2O5/c1-25(2)11-10-18-4-3-5-20(22(18)32-25)16-27-14-12-26(13-15-27)17-28(24(31)33-26)21-8-6-19(7-9-21)23(29)30/h3-9H,10-17H2,1-2H3,(H,29,30). The number of fused-ring (bicyclic) bond motifs is 1. The normalized spacial score (nSPS) is 21.4. The van der Waals surface area contributed by atoms with Crippen molar-refractivity contribution >= 4 is 17.7 Å². The van der Waals surface area contributed by atoms with Crippen molar-refractivity contribution < 1.29 is 24.2 Å². The van der Waals surface area contributed by atoms with Crippen molar-refractivity contribution in [2.75, 3.05) is 24.5 Å². The second kappa shape index (κ2) is 8.06. The Morgan fingerprint density at radius 3 is 2.45 bits per heavy atom. The number of likely N-dealkylation sites (tertiary alicyclic amines) is 1. The van der Waals surface area contributed by atoms with Gasteiger partial charge in [0.25, 0.3) is 0 Å². The summed E-state index contributed by atoms with van der Waals surface area (Å²) in [5.41, 5.74) is 2.74. The van der Waals surface area contributed by atoms with Gasteiger partial charge in [0.05, 0.1) is 12.1 Å². The third kappa shape index (κ3) is 4.29. The predicted octanol–water partition coefficient (Wildman–Crippen LogP) is 4.48. The lowest BCUT2D eigenvalue weighted by molar-refractivity contribution is -0.00147. The quantitative estimate of drug-likeness (QED) is 0.740. The lowest BCUT2D eigenvalue weighted by atomic mass is 9.90. The highest BCUT2D eigenvalue weighted by molar-refractivity contribution is 5.92. The number of aryl methyl sites for hydroxylation is 1. The maximum atomic E-state index is 12.6. The Kier molecular flexibility index (Phi) is 5.32. The first-order valence-electron chi connectivity index (χ1n) is 11.6. The van der Waals surface area contributed by atoms with Gasteiger partial charge in [-0.05, 0) is 56.5 Å².